The summed E-state index contributed by atoms with van der Waals surface area (Å²) >= 11 is 0. The lowest BCUT2D eigenvalue weighted by Crippen LogP contribution is -2.21. The van der Waals surface area contributed by atoms with Gasteiger partial charge in [0.05, 0.1) is 24.1 Å². The molecule has 0 bridgehead atoms. The van der Waals surface area contributed by atoms with Crippen molar-refractivity contribution < 1.29 is 0 Å². The second kappa shape index (κ2) is 5.77. The Labute approximate surface area is 148 Å². The van der Waals surface area contributed by atoms with Gasteiger partial charge in [0, 0.05) is 25.7 Å². The minimum absolute atomic E-state index is 0.337. The van der Waals surface area contributed by atoms with Crippen molar-refractivity contribution in [1.82, 2.24) is 34.5 Å². The first kappa shape index (κ1) is 14.8. The van der Waals surface area contributed by atoms with Crippen LogP contribution in [0.4, 0.5) is 5.82 Å². The second-order valence-corrected chi connectivity index (χ2v) is 6.46. The number of aromatic amines is 1. The molecule has 1 unspecified atom stereocenters. The van der Waals surface area contributed by atoms with Gasteiger partial charge in [0.2, 0.25) is 0 Å². The first-order chi connectivity index (χ1) is 12.8. The zero-order chi connectivity index (χ0) is 17.5. The molecule has 0 aromatic carbocycles. The number of aromatic nitrogens is 7. The fourth-order valence-corrected chi connectivity index (χ4v) is 3.58. The number of nitrogens with zero attached hydrogens (tertiary/aromatic N) is 8. The Balaban J connectivity index is 1.38. The Hall–Kier alpha value is -3.54. The molecule has 1 aliphatic rings. The van der Waals surface area contributed by atoms with Crippen LogP contribution in [0.1, 0.15) is 17.9 Å². The molecule has 4 aromatic rings. The quantitative estimate of drug-likeness (QED) is 0.596. The van der Waals surface area contributed by atoms with E-state index in [-0.39, 0.29) is 0 Å². The van der Waals surface area contributed by atoms with Crippen molar-refractivity contribution in [2.24, 2.45) is 5.92 Å². The molecule has 1 aliphatic heterocycles. The Morgan fingerprint density at radius 1 is 1.19 bits per heavy atom. The van der Waals surface area contributed by atoms with Crippen LogP contribution >= 0.6 is 0 Å². The van der Waals surface area contributed by atoms with Gasteiger partial charge in [-0.2, -0.15) is 5.26 Å². The molecule has 1 saturated heterocycles. The topological polar surface area (TPSA) is 112 Å². The predicted molar refractivity (Wildman–Crippen MR) is 93.4 cm³/mol. The van der Waals surface area contributed by atoms with Crippen molar-refractivity contribution in [3.8, 4) is 6.07 Å². The summed E-state index contributed by atoms with van der Waals surface area (Å²) in [6.07, 6.45) is 8.70. The third-order valence-electron chi connectivity index (χ3n) is 4.84. The van der Waals surface area contributed by atoms with E-state index in [1.165, 1.54) is 6.20 Å². The smallest absolute Gasteiger partial charge is 0.179 e. The summed E-state index contributed by atoms with van der Waals surface area (Å²) < 4.78 is 2.07. The molecule has 0 saturated carbocycles. The van der Waals surface area contributed by atoms with E-state index < -0.39 is 0 Å². The molecule has 26 heavy (non-hydrogen) atoms. The van der Waals surface area contributed by atoms with E-state index in [1.807, 2.05) is 18.3 Å². The number of anilines is 1. The molecular weight excluding hydrogens is 330 g/mol. The number of rotatable bonds is 3. The van der Waals surface area contributed by atoms with Gasteiger partial charge in [-0.25, -0.2) is 15.0 Å². The van der Waals surface area contributed by atoms with Gasteiger partial charge in [-0.15, -0.1) is 10.2 Å². The van der Waals surface area contributed by atoms with Gasteiger partial charge in [0.25, 0.3) is 0 Å². The molecule has 0 aliphatic carbocycles. The van der Waals surface area contributed by atoms with E-state index >= 15 is 0 Å². The molecule has 9 nitrogen and oxygen atoms in total. The summed E-state index contributed by atoms with van der Waals surface area (Å²) in [5, 5.41) is 17.5. The molecule has 1 N–H and O–H groups in total. The van der Waals surface area contributed by atoms with E-state index in [0.29, 0.717) is 11.6 Å². The van der Waals surface area contributed by atoms with Crippen LogP contribution in [0, 0.1) is 17.2 Å². The van der Waals surface area contributed by atoms with E-state index in [2.05, 4.69) is 39.4 Å². The zero-order valence-electron chi connectivity index (χ0n) is 13.9. The lowest BCUT2D eigenvalue weighted by molar-refractivity contribution is 0.565. The largest absolute Gasteiger partial charge is 0.355 e. The standard InChI is InChI=1S/C17H15N9/c18-6-12-7-21-15(8-20-12)25-4-2-11(10-25)5-14-23-24-16-9-22-17-13(26(14)16)1-3-19-17/h1,3,7-9,11,19H,2,4-5,10H2. The average Bonchev–Trinajstić information content (AvgIpc) is 3.41. The molecule has 1 fully saturated rings. The second-order valence-electron chi connectivity index (χ2n) is 6.46. The van der Waals surface area contributed by atoms with Crippen molar-refractivity contribution in [1.29, 1.82) is 5.26 Å². The monoisotopic (exact) mass is 345 g/mol. The minimum Gasteiger partial charge on any atom is -0.355 e. The summed E-state index contributed by atoms with van der Waals surface area (Å²) in [7, 11) is 0. The highest BCUT2D eigenvalue weighted by atomic mass is 15.3. The van der Waals surface area contributed by atoms with Crippen LogP contribution in [-0.4, -0.2) is 47.6 Å². The van der Waals surface area contributed by atoms with Crippen LogP contribution in [0.5, 0.6) is 0 Å². The molecule has 5 heterocycles. The normalized spacial score (nSPS) is 17.2. The molecule has 0 radical (unpaired) electrons. The first-order valence-electron chi connectivity index (χ1n) is 8.45. The van der Waals surface area contributed by atoms with E-state index in [9.17, 15) is 0 Å². The highest BCUT2D eigenvalue weighted by Gasteiger charge is 2.26. The number of hydrogen-bond acceptors (Lipinski definition) is 7. The summed E-state index contributed by atoms with van der Waals surface area (Å²) in [4.78, 5) is 18.1. The van der Waals surface area contributed by atoms with Gasteiger partial charge in [-0.1, -0.05) is 0 Å². The lowest BCUT2D eigenvalue weighted by atomic mass is 10.0. The highest BCUT2D eigenvalue weighted by molar-refractivity contribution is 5.74. The predicted octanol–water partition coefficient (Wildman–Crippen LogP) is 1.34. The number of H-pyrrole nitrogens is 1. The maximum absolute atomic E-state index is 8.84. The van der Waals surface area contributed by atoms with Crippen LogP contribution in [-0.2, 0) is 6.42 Å². The highest BCUT2D eigenvalue weighted by Crippen LogP contribution is 2.25. The Morgan fingerprint density at radius 2 is 2.15 bits per heavy atom. The number of hydrogen-bond donors (Lipinski definition) is 1. The number of fused-ring (bicyclic) bond motifs is 3. The van der Waals surface area contributed by atoms with Gasteiger partial charge in [-0.05, 0) is 18.4 Å². The maximum Gasteiger partial charge on any atom is 0.179 e. The van der Waals surface area contributed by atoms with E-state index in [1.54, 1.807) is 12.4 Å². The molecule has 0 spiro atoms. The Kier molecular flexibility index (Phi) is 3.28. The van der Waals surface area contributed by atoms with E-state index in [4.69, 9.17) is 5.26 Å². The summed E-state index contributed by atoms with van der Waals surface area (Å²) in [6, 6.07) is 3.99. The van der Waals surface area contributed by atoms with Gasteiger partial charge in [-0.3, -0.25) is 4.40 Å². The third kappa shape index (κ3) is 2.35. The molecule has 1 atom stereocenters. The summed E-state index contributed by atoms with van der Waals surface area (Å²) in [5.74, 6) is 2.22. The number of nitrogens with one attached hydrogen (secondary N) is 1. The maximum atomic E-state index is 8.84. The molecule has 9 heteroatoms. The van der Waals surface area contributed by atoms with Crippen molar-refractivity contribution >= 4 is 22.6 Å². The molecule has 128 valence electrons. The average molecular weight is 345 g/mol. The van der Waals surface area contributed by atoms with Crippen molar-refractivity contribution in [3.05, 3.63) is 42.4 Å². The SMILES string of the molecule is N#Cc1cnc(N2CCC(Cc3nnc4cnc5[nH]ccc5n34)C2)cn1. The molecule has 4 aromatic heterocycles. The Bertz CT molecular complexity index is 1120. The van der Waals surface area contributed by atoms with Crippen LogP contribution in [0.3, 0.4) is 0 Å². The van der Waals surface area contributed by atoms with Gasteiger partial charge >= 0.3 is 0 Å². The first-order valence-corrected chi connectivity index (χ1v) is 8.45. The third-order valence-corrected chi connectivity index (χ3v) is 4.84. The number of nitriles is 1. The van der Waals surface area contributed by atoms with E-state index in [0.717, 1.165) is 54.4 Å². The van der Waals surface area contributed by atoms with Crippen molar-refractivity contribution in [2.45, 2.75) is 12.8 Å². The van der Waals surface area contributed by atoms with Crippen molar-refractivity contribution in [2.75, 3.05) is 18.0 Å². The van der Waals surface area contributed by atoms with Gasteiger partial charge in [0.1, 0.15) is 17.7 Å². The fraction of sp³-hybridized carbons (Fsp3) is 0.294. The van der Waals surface area contributed by atoms with Crippen LogP contribution in [0.15, 0.2) is 30.9 Å². The molecular formula is C17H15N9. The van der Waals surface area contributed by atoms with Crippen LogP contribution in [0.2, 0.25) is 0 Å². The van der Waals surface area contributed by atoms with Crippen molar-refractivity contribution in [3.63, 3.8) is 0 Å². The lowest BCUT2D eigenvalue weighted by Gasteiger charge is -2.16. The Morgan fingerprint density at radius 3 is 3.00 bits per heavy atom. The van der Waals surface area contributed by atoms with Crippen LogP contribution in [0.25, 0.3) is 16.8 Å². The zero-order valence-corrected chi connectivity index (χ0v) is 13.9. The summed E-state index contributed by atoms with van der Waals surface area (Å²) in [6.45, 7) is 1.81. The summed E-state index contributed by atoms with van der Waals surface area (Å²) in [5.41, 5.74) is 2.93. The minimum atomic E-state index is 0.337. The van der Waals surface area contributed by atoms with Gasteiger partial charge in [0.15, 0.2) is 17.0 Å². The van der Waals surface area contributed by atoms with Crippen LogP contribution < -0.4 is 4.90 Å². The van der Waals surface area contributed by atoms with Gasteiger partial charge < -0.3 is 9.88 Å². The molecule has 0 amide bonds. The molecule has 5 rings (SSSR count). The fourth-order valence-electron chi connectivity index (χ4n) is 3.58.